The van der Waals surface area contributed by atoms with Gasteiger partial charge in [0.25, 0.3) is 5.91 Å². The van der Waals surface area contributed by atoms with Gasteiger partial charge in [0.05, 0.1) is 0 Å². The standard InChI is InChI=1S/C24H25NO2S/c1-3-20-9-7-8-12-23(20)27-18(2)24(26)25-21-15-13-19(14-16-21)17-28-22-10-5-4-6-11-22/h4-16,18H,3,17H2,1-2H3,(H,25,26). The lowest BCUT2D eigenvalue weighted by Gasteiger charge is -2.17. The maximum atomic E-state index is 12.5. The fourth-order valence-corrected chi connectivity index (χ4v) is 3.64. The predicted octanol–water partition coefficient (Wildman–Crippen LogP) is 5.95. The van der Waals surface area contributed by atoms with E-state index in [1.54, 1.807) is 18.7 Å². The highest BCUT2D eigenvalue weighted by molar-refractivity contribution is 7.98. The summed E-state index contributed by atoms with van der Waals surface area (Å²) in [5, 5.41) is 2.93. The first-order valence-electron chi connectivity index (χ1n) is 9.48. The highest BCUT2D eigenvalue weighted by atomic mass is 32.2. The summed E-state index contributed by atoms with van der Waals surface area (Å²) in [6.45, 7) is 3.84. The Kier molecular flexibility index (Phi) is 7.15. The van der Waals surface area contributed by atoms with Gasteiger partial charge in [-0.1, -0.05) is 55.5 Å². The third kappa shape index (κ3) is 5.64. The van der Waals surface area contributed by atoms with Crippen LogP contribution in [0.5, 0.6) is 5.75 Å². The normalized spacial score (nSPS) is 11.6. The van der Waals surface area contributed by atoms with Crippen LogP contribution in [-0.2, 0) is 17.0 Å². The molecular weight excluding hydrogens is 366 g/mol. The summed E-state index contributed by atoms with van der Waals surface area (Å²) in [5.41, 5.74) is 3.09. The zero-order valence-corrected chi connectivity index (χ0v) is 17.0. The number of hydrogen-bond acceptors (Lipinski definition) is 3. The fourth-order valence-electron chi connectivity index (χ4n) is 2.77. The van der Waals surface area contributed by atoms with Gasteiger partial charge in [-0.25, -0.2) is 0 Å². The zero-order valence-electron chi connectivity index (χ0n) is 16.2. The molecule has 144 valence electrons. The quantitative estimate of drug-likeness (QED) is 0.482. The van der Waals surface area contributed by atoms with Crippen LogP contribution in [0.1, 0.15) is 25.0 Å². The van der Waals surface area contributed by atoms with Gasteiger partial charge in [-0.2, -0.15) is 0 Å². The highest BCUT2D eigenvalue weighted by Crippen LogP contribution is 2.23. The summed E-state index contributed by atoms with van der Waals surface area (Å²) in [4.78, 5) is 13.7. The first kappa shape index (κ1) is 20.0. The van der Waals surface area contributed by atoms with Crippen LogP contribution >= 0.6 is 11.8 Å². The number of rotatable bonds is 8. The van der Waals surface area contributed by atoms with Crippen molar-refractivity contribution in [2.45, 2.75) is 37.0 Å². The van der Waals surface area contributed by atoms with Gasteiger partial charge in [0, 0.05) is 16.3 Å². The van der Waals surface area contributed by atoms with Crippen LogP contribution in [0.15, 0.2) is 83.8 Å². The molecule has 1 amide bonds. The molecule has 0 fully saturated rings. The first-order valence-corrected chi connectivity index (χ1v) is 10.5. The molecule has 28 heavy (non-hydrogen) atoms. The van der Waals surface area contributed by atoms with E-state index in [-0.39, 0.29) is 5.91 Å². The van der Waals surface area contributed by atoms with E-state index in [9.17, 15) is 4.79 Å². The topological polar surface area (TPSA) is 38.3 Å². The maximum absolute atomic E-state index is 12.5. The Morgan fingerprint density at radius 2 is 1.64 bits per heavy atom. The second-order valence-corrected chi connectivity index (χ2v) is 7.56. The number of thioether (sulfide) groups is 1. The molecule has 0 aromatic heterocycles. The molecular formula is C24H25NO2S. The van der Waals surface area contributed by atoms with Crippen molar-refractivity contribution in [3.8, 4) is 5.75 Å². The number of benzene rings is 3. The SMILES string of the molecule is CCc1ccccc1OC(C)C(=O)Nc1ccc(CSc2ccccc2)cc1. The van der Waals surface area contributed by atoms with E-state index in [0.29, 0.717) is 0 Å². The molecule has 0 aliphatic heterocycles. The van der Waals surface area contributed by atoms with Gasteiger partial charge >= 0.3 is 0 Å². The van der Waals surface area contributed by atoms with Gasteiger partial charge in [0.1, 0.15) is 5.75 Å². The summed E-state index contributed by atoms with van der Waals surface area (Å²) in [6, 6.07) is 26.1. The van der Waals surface area contributed by atoms with Gasteiger partial charge in [0.15, 0.2) is 6.10 Å². The molecule has 4 heteroatoms. The van der Waals surface area contributed by atoms with E-state index in [1.165, 1.54) is 10.5 Å². The molecule has 3 aromatic rings. The van der Waals surface area contributed by atoms with E-state index < -0.39 is 6.10 Å². The summed E-state index contributed by atoms with van der Waals surface area (Å²) in [7, 11) is 0. The third-order valence-electron chi connectivity index (χ3n) is 4.40. The van der Waals surface area contributed by atoms with Crippen molar-refractivity contribution in [2.75, 3.05) is 5.32 Å². The Labute approximate surface area is 171 Å². The van der Waals surface area contributed by atoms with Crippen molar-refractivity contribution in [1.29, 1.82) is 0 Å². The minimum atomic E-state index is -0.569. The molecule has 0 spiro atoms. The minimum absolute atomic E-state index is 0.155. The Morgan fingerprint density at radius 3 is 2.36 bits per heavy atom. The number of carbonyl (C=O) groups excluding carboxylic acids is 1. The Balaban J connectivity index is 1.53. The first-order chi connectivity index (χ1) is 13.7. The van der Waals surface area contributed by atoms with Crippen LogP contribution < -0.4 is 10.1 Å². The monoisotopic (exact) mass is 391 g/mol. The number of aryl methyl sites for hydroxylation is 1. The Morgan fingerprint density at radius 1 is 0.964 bits per heavy atom. The molecule has 0 heterocycles. The summed E-state index contributed by atoms with van der Waals surface area (Å²) in [5.74, 6) is 1.50. The zero-order chi connectivity index (χ0) is 19.8. The van der Waals surface area contributed by atoms with Crippen LogP contribution in [0.3, 0.4) is 0 Å². The van der Waals surface area contributed by atoms with Crippen LogP contribution in [0.4, 0.5) is 5.69 Å². The molecule has 0 saturated heterocycles. The smallest absolute Gasteiger partial charge is 0.265 e. The molecule has 1 unspecified atom stereocenters. The van der Waals surface area contributed by atoms with E-state index in [2.05, 4.69) is 24.4 Å². The molecule has 0 bridgehead atoms. The summed E-state index contributed by atoms with van der Waals surface area (Å²) >= 11 is 1.80. The molecule has 0 radical (unpaired) electrons. The molecule has 3 rings (SSSR count). The highest BCUT2D eigenvalue weighted by Gasteiger charge is 2.16. The fraction of sp³-hybridized carbons (Fsp3) is 0.208. The lowest BCUT2D eigenvalue weighted by molar-refractivity contribution is -0.122. The largest absolute Gasteiger partial charge is 0.481 e. The van der Waals surface area contributed by atoms with Gasteiger partial charge in [-0.15, -0.1) is 11.8 Å². The molecule has 3 nitrogen and oxygen atoms in total. The second kappa shape index (κ2) is 10.00. The minimum Gasteiger partial charge on any atom is -0.481 e. The van der Waals surface area contributed by atoms with E-state index in [1.807, 2.05) is 66.7 Å². The van der Waals surface area contributed by atoms with E-state index in [0.717, 1.165) is 29.2 Å². The van der Waals surface area contributed by atoms with Crippen molar-refractivity contribution in [3.63, 3.8) is 0 Å². The van der Waals surface area contributed by atoms with Gasteiger partial charge in [-0.3, -0.25) is 4.79 Å². The maximum Gasteiger partial charge on any atom is 0.265 e. The van der Waals surface area contributed by atoms with Crippen LogP contribution in [0.25, 0.3) is 0 Å². The number of hydrogen-bond donors (Lipinski definition) is 1. The van der Waals surface area contributed by atoms with Gasteiger partial charge in [-0.05, 0) is 54.8 Å². The summed E-state index contributed by atoms with van der Waals surface area (Å²) < 4.78 is 5.87. The summed E-state index contributed by atoms with van der Waals surface area (Å²) in [6.07, 6.45) is 0.300. The van der Waals surface area contributed by atoms with Crippen molar-refractivity contribution in [1.82, 2.24) is 0 Å². The third-order valence-corrected chi connectivity index (χ3v) is 5.48. The van der Waals surface area contributed by atoms with E-state index >= 15 is 0 Å². The molecule has 1 N–H and O–H groups in total. The van der Waals surface area contributed by atoms with Crippen molar-refractivity contribution in [2.24, 2.45) is 0 Å². The number of carbonyl (C=O) groups is 1. The van der Waals surface area contributed by atoms with Gasteiger partial charge < -0.3 is 10.1 Å². The number of amides is 1. The lowest BCUT2D eigenvalue weighted by Crippen LogP contribution is -2.30. The molecule has 1 atom stereocenters. The van der Waals surface area contributed by atoms with Crippen molar-refractivity contribution in [3.05, 3.63) is 90.0 Å². The molecule has 0 aliphatic carbocycles. The Bertz CT molecular complexity index is 894. The average molecular weight is 392 g/mol. The van der Waals surface area contributed by atoms with Crippen LogP contribution in [-0.4, -0.2) is 12.0 Å². The van der Waals surface area contributed by atoms with Gasteiger partial charge in [0.2, 0.25) is 0 Å². The average Bonchev–Trinajstić information content (AvgIpc) is 2.74. The van der Waals surface area contributed by atoms with Crippen LogP contribution in [0.2, 0.25) is 0 Å². The van der Waals surface area contributed by atoms with Crippen molar-refractivity contribution >= 4 is 23.4 Å². The predicted molar refractivity (Wildman–Crippen MR) is 117 cm³/mol. The molecule has 0 aliphatic rings. The number of nitrogens with one attached hydrogen (secondary N) is 1. The second-order valence-electron chi connectivity index (χ2n) is 6.51. The number of anilines is 1. The molecule has 3 aromatic carbocycles. The Hall–Kier alpha value is -2.72. The number of para-hydroxylation sites is 1. The van der Waals surface area contributed by atoms with Crippen molar-refractivity contribution < 1.29 is 9.53 Å². The van der Waals surface area contributed by atoms with Crippen LogP contribution in [0, 0.1) is 0 Å². The lowest BCUT2D eigenvalue weighted by atomic mass is 10.1. The number of ether oxygens (including phenoxy) is 1. The molecule has 0 saturated carbocycles. The van der Waals surface area contributed by atoms with E-state index in [4.69, 9.17) is 4.74 Å².